The molecule has 0 aromatic heterocycles. The van der Waals surface area contributed by atoms with Gasteiger partial charge in [0.2, 0.25) is 5.91 Å². The van der Waals surface area contributed by atoms with Crippen molar-refractivity contribution in [1.29, 1.82) is 0 Å². The van der Waals surface area contributed by atoms with Gasteiger partial charge in [0.15, 0.2) is 0 Å². The molecule has 0 radical (unpaired) electrons. The molecule has 1 saturated heterocycles. The molecule has 1 aliphatic heterocycles. The standard InChI is InChI=1S/C20H18F4N2O2/c1-12-3-8-16(11-17(12)21)26-10-9-25(13(2)18(26)27)19(28)14-4-6-15(7-5-14)20(22,23)24/h3-8,11,13H,9-10H2,1-2H3. The number of benzene rings is 2. The van der Waals surface area contributed by atoms with E-state index in [1.54, 1.807) is 26.0 Å². The van der Waals surface area contributed by atoms with Gasteiger partial charge in [0, 0.05) is 24.3 Å². The Bertz CT molecular complexity index is 909. The van der Waals surface area contributed by atoms with Gasteiger partial charge in [0.25, 0.3) is 5.91 Å². The fourth-order valence-corrected chi connectivity index (χ4v) is 3.12. The number of amides is 2. The maximum absolute atomic E-state index is 13.8. The van der Waals surface area contributed by atoms with Gasteiger partial charge < -0.3 is 9.80 Å². The van der Waals surface area contributed by atoms with Crippen LogP contribution in [0.25, 0.3) is 0 Å². The zero-order valence-electron chi connectivity index (χ0n) is 15.3. The predicted molar refractivity (Wildman–Crippen MR) is 95.4 cm³/mol. The second-order valence-electron chi connectivity index (χ2n) is 6.67. The first-order valence-corrected chi connectivity index (χ1v) is 8.65. The Hall–Kier alpha value is -2.90. The van der Waals surface area contributed by atoms with Crippen molar-refractivity contribution >= 4 is 17.5 Å². The lowest BCUT2D eigenvalue weighted by Crippen LogP contribution is -2.57. The summed E-state index contributed by atoms with van der Waals surface area (Å²) in [4.78, 5) is 28.1. The highest BCUT2D eigenvalue weighted by atomic mass is 19.4. The first-order valence-electron chi connectivity index (χ1n) is 8.65. The summed E-state index contributed by atoms with van der Waals surface area (Å²) in [5.74, 6) is -1.33. The van der Waals surface area contributed by atoms with E-state index in [0.717, 1.165) is 24.3 Å². The number of aryl methyl sites for hydroxylation is 1. The fraction of sp³-hybridized carbons (Fsp3) is 0.300. The molecule has 0 bridgehead atoms. The molecule has 0 spiro atoms. The molecule has 28 heavy (non-hydrogen) atoms. The van der Waals surface area contributed by atoms with Crippen LogP contribution in [0.3, 0.4) is 0 Å². The number of halogens is 4. The van der Waals surface area contributed by atoms with E-state index in [1.165, 1.54) is 15.9 Å². The lowest BCUT2D eigenvalue weighted by Gasteiger charge is -2.39. The number of alkyl halides is 3. The normalized spacial score (nSPS) is 17.8. The molecule has 1 heterocycles. The van der Waals surface area contributed by atoms with E-state index < -0.39 is 29.5 Å². The Kier molecular flexibility index (Phi) is 5.14. The van der Waals surface area contributed by atoms with Crippen molar-refractivity contribution in [2.24, 2.45) is 0 Å². The van der Waals surface area contributed by atoms with Crippen molar-refractivity contribution in [1.82, 2.24) is 4.90 Å². The van der Waals surface area contributed by atoms with Crippen LogP contribution < -0.4 is 4.90 Å². The maximum Gasteiger partial charge on any atom is 0.416 e. The van der Waals surface area contributed by atoms with Crippen molar-refractivity contribution in [3.63, 3.8) is 0 Å². The zero-order chi connectivity index (χ0) is 20.6. The third-order valence-corrected chi connectivity index (χ3v) is 4.84. The molecule has 0 saturated carbocycles. The van der Waals surface area contributed by atoms with E-state index in [-0.39, 0.29) is 24.6 Å². The number of rotatable bonds is 2. The van der Waals surface area contributed by atoms with E-state index in [1.807, 2.05) is 0 Å². The predicted octanol–water partition coefficient (Wildman–Crippen LogP) is 4.03. The highest BCUT2D eigenvalue weighted by molar-refractivity contribution is 6.03. The second-order valence-corrected chi connectivity index (χ2v) is 6.67. The summed E-state index contributed by atoms with van der Waals surface area (Å²) in [7, 11) is 0. The molecule has 2 aromatic carbocycles. The average molecular weight is 394 g/mol. The summed E-state index contributed by atoms with van der Waals surface area (Å²) in [5.41, 5.74) is 0.0869. The Morgan fingerprint density at radius 3 is 2.29 bits per heavy atom. The van der Waals surface area contributed by atoms with Gasteiger partial charge in [-0.3, -0.25) is 9.59 Å². The van der Waals surface area contributed by atoms with Crippen molar-refractivity contribution in [2.75, 3.05) is 18.0 Å². The topological polar surface area (TPSA) is 40.6 Å². The number of hydrogen-bond donors (Lipinski definition) is 0. The van der Waals surface area contributed by atoms with Crippen LogP contribution in [0.4, 0.5) is 23.2 Å². The maximum atomic E-state index is 13.8. The van der Waals surface area contributed by atoms with Crippen LogP contribution in [0, 0.1) is 12.7 Å². The summed E-state index contributed by atoms with van der Waals surface area (Å²) in [6.07, 6.45) is -4.49. The SMILES string of the molecule is Cc1ccc(N2CCN(C(=O)c3ccc(C(F)(F)F)cc3)C(C)C2=O)cc1F. The van der Waals surface area contributed by atoms with E-state index in [0.29, 0.717) is 11.3 Å². The fourth-order valence-electron chi connectivity index (χ4n) is 3.12. The molecular formula is C20H18F4N2O2. The molecule has 2 amide bonds. The molecule has 2 aromatic rings. The molecule has 0 N–H and O–H groups in total. The molecule has 1 fully saturated rings. The van der Waals surface area contributed by atoms with E-state index >= 15 is 0 Å². The van der Waals surface area contributed by atoms with E-state index in [4.69, 9.17) is 0 Å². The van der Waals surface area contributed by atoms with Gasteiger partial charge in [0.05, 0.1) is 5.56 Å². The first-order chi connectivity index (χ1) is 13.1. The van der Waals surface area contributed by atoms with E-state index in [2.05, 4.69) is 0 Å². The smallest absolute Gasteiger partial charge is 0.325 e. The van der Waals surface area contributed by atoms with Crippen molar-refractivity contribution < 1.29 is 27.2 Å². The van der Waals surface area contributed by atoms with E-state index in [9.17, 15) is 27.2 Å². The Morgan fingerprint density at radius 2 is 1.71 bits per heavy atom. The molecule has 8 heteroatoms. The molecule has 1 unspecified atom stereocenters. The average Bonchev–Trinajstić information content (AvgIpc) is 2.65. The van der Waals surface area contributed by atoms with Gasteiger partial charge in [-0.2, -0.15) is 13.2 Å². The molecule has 1 atom stereocenters. The number of hydrogen-bond acceptors (Lipinski definition) is 2. The van der Waals surface area contributed by atoms with Crippen LogP contribution in [-0.4, -0.2) is 35.8 Å². The van der Waals surface area contributed by atoms with Gasteiger partial charge in [-0.1, -0.05) is 6.07 Å². The molecule has 4 nitrogen and oxygen atoms in total. The van der Waals surface area contributed by atoms with Crippen molar-refractivity contribution in [2.45, 2.75) is 26.1 Å². The summed E-state index contributed by atoms with van der Waals surface area (Å²) >= 11 is 0. The summed E-state index contributed by atoms with van der Waals surface area (Å²) in [6, 6.07) is 7.53. The third kappa shape index (κ3) is 3.72. The van der Waals surface area contributed by atoms with Gasteiger partial charge in [0.1, 0.15) is 11.9 Å². The van der Waals surface area contributed by atoms with Crippen LogP contribution in [0.15, 0.2) is 42.5 Å². The van der Waals surface area contributed by atoms with Crippen LogP contribution in [0.1, 0.15) is 28.4 Å². The van der Waals surface area contributed by atoms with Crippen LogP contribution in [0.5, 0.6) is 0 Å². The first kappa shape index (κ1) is 19.9. The summed E-state index contributed by atoms with van der Waals surface area (Å²) in [6.45, 7) is 3.51. The quantitative estimate of drug-likeness (QED) is 0.722. The Morgan fingerprint density at radius 1 is 1.07 bits per heavy atom. The van der Waals surface area contributed by atoms with Gasteiger partial charge in [-0.05, 0) is 55.8 Å². The number of carbonyl (C=O) groups is 2. The van der Waals surface area contributed by atoms with Gasteiger partial charge >= 0.3 is 6.18 Å². The Balaban J connectivity index is 1.77. The van der Waals surface area contributed by atoms with Crippen LogP contribution in [0.2, 0.25) is 0 Å². The molecule has 148 valence electrons. The van der Waals surface area contributed by atoms with Crippen LogP contribution in [-0.2, 0) is 11.0 Å². The molecular weight excluding hydrogens is 376 g/mol. The molecule has 3 rings (SSSR count). The molecule has 1 aliphatic rings. The number of piperazine rings is 1. The third-order valence-electron chi connectivity index (χ3n) is 4.84. The lowest BCUT2D eigenvalue weighted by molar-refractivity contribution is -0.137. The van der Waals surface area contributed by atoms with Gasteiger partial charge in [-0.15, -0.1) is 0 Å². The summed E-state index contributed by atoms with van der Waals surface area (Å²) < 4.78 is 51.8. The van der Waals surface area contributed by atoms with Crippen molar-refractivity contribution in [3.8, 4) is 0 Å². The number of nitrogens with zero attached hydrogens (tertiary/aromatic N) is 2. The van der Waals surface area contributed by atoms with Crippen molar-refractivity contribution in [3.05, 3.63) is 65.0 Å². The second kappa shape index (κ2) is 7.26. The number of anilines is 1. The highest BCUT2D eigenvalue weighted by Crippen LogP contribution is 2.29. The number of carbonyl (C=O) groups excluding carboxylic acids is 2. The van der Waals surface area contributed by atoms with Gasteiger partial charge in [-0.25, -0.2) is 4.39 Å². The highest BCUT2D eigenvalue weighted by Gasteiger charge is 2.36. The minimum atomic E-state index is -4.49. The zero-order valence-corrected chi connectivity index (χ0v) is 15.3. The minimum absolute atomic E-state index is 0.0717. The van der Waals surface area contributed by atoms with Crippen LogP contribution >= 0.6 is 0 Å². The largest absolute Gasteiger partial charge is 0.416 e. The lowest BCUT2D eigenvalue weighted by atomic mass is 10.1. The monoisotopic (exact) mass is 394 g/mol. The summed E-state index contributed by atoms with van der Waals surface area (Å²) in [5, 5.41) is 0. The molecule has 0 aliphatic carbocycles. The Labute approximate surface area is 159 Å². The minimum Gasteiger partial charge on any atom is -0.325 e.